The number of ether oxygens (including phenoxy) is 2. The minimum absolute atomic E-state index is 0.348. The lowest BCUT2D eigenvalue weighted by molar-refractivity contribution is 0.0698. The fourth-order valence-electron chi connectivity index (χ4n) is 1.40. The number of methoxy groups -OCH3 is 1. The molecule has 0 aliphatic rings. The van der Waals surface area contributed by atoms with E-state index in [4.69, 9.17) is 9.47 Å². The number of hydrogen-bond acceptors (Lipinski definition) is 3. The van der Waals surface area contributed by atoms with Crippen molar-refractivity contribution in [1.29, 1.82) is 0 Å². The molecule has 0 radical (unpaired) electrons. The van der Waals surface area contributed by atoms with Gasteiger partial charge in [0.05, 0.1) is 13.2 Å². The predicted molar refractivity (Wildman–Crippen MR) is 80.7 cm³/mol. The van der Waals surface area contributed by atoms with E-state index < -0.39 is 0 Å². The van der Waals surface area contributed by atoms with Gasteiger partial charge in [-0.05, 0) is 18.3 Å². The fourth-order valence-corrected chi connectivity index (χ4v) is 1.40. The maximum atomic E-state index is 5.39. The standard InChI is InChI=1S/C14H31N3O2/c1-14(2,3)7-9-17-13(15-4)16-8-6-10-19-12-11-18-5/h6-12H2,1-5H3,(H2,15,16,17). The molecule has 0 spiro atoms. The van der Waals surface area contributed by atoms with E-state index in [9.17, 15) is 0 Å². The van der Waals surface area contributed by atoms with Crippen molar-refractivity contribution in [3.8, 4) is 0 Å². The van der Waals surface area contributed by atoms with Crippen molar-refractivity contribution in [3.63, 3.8) is 0 Å². The van der Waals surface area contributed by atoms with Gasteiger partial charge in [0.15, 0.2) is 5.96 Å². The molecule has 0 saturated heterocycles. The van der Waals surface area contributed by atoms with E-state index in [2.05, 4.69) is 36.4 Å². The zero-order valence-corrected chi connectivity index (χ0v) is 13.2. The largest absolute Gasteiger partial charge is 0.382 e. The molecular formula is C14H31N3O2. The van der Waals surface area contributed by atoms with Gasteiger partial charge in [-0.2, -0.15) is 0 Å². The Morgan fingerprint density at radius 1 is 1.05 bits per heavy atom. The first-order valence-corrected chi connectivity index (χ1v) is 7.01. The number of nitrogens with zero attached hydrogens (tertiary/aromatic N) is 1. The Bertz CT molecular complexity index is 237. The van der Waals surface area contributed by atoms with E-state index >= 15 is 0 Å². The summed E-state index contributed by atoms with van der Waals surface area (Å²) < 4.78 is 10.3. The molecule has 0 saturated carbocycles. The van der Waals surface area contributed by atoms with E-state index in [1.165, 1.54) is 0 Å². The average molecular weight is 273 g/mol. The molecule has 0 atom stereocenters. The van der Waals surface area contributed by atoms with Crippen LogP contribution in [0, 0.1) is 5.41 Å². The van der Waals surface area contributed by atoms with Crippen LogP contribution in [0.5, 0.6) is 0 Å². The summed E-state index contributed by atoms with van der Waals surface area (Å²) in [7, 11) is 3.47. The van der Waals surface area contributed by atoms with Crippen LogP contribution in [0.25, 0.3) is 0 Å². The SMILES string of the molecule is CN=C(NCCCOCCOC)NCCC(C)(C)C. The molecule has 0 amide bonds. The van der Waals surface area contributed by atoms with E-state index in [-0.39, 0.29) is 0 Å². The highest BCUT2D eigenvalue weighted by Crippen LogP contribution is 2.16. The second kappa shape index (κ2) is 11.1. The quantitative estimate of drug-likeness (QED) is 0.381. The first kappa shape index (κ1) is 18.2. The van der Waals surface area contributed by atoms with Crippen LogP contribution in [0.15, 0.2) is 4.99 Å². The number of hydrogen-bond donors (Lipinski definition) is 2. The third-order valence-electron chi connectivity index (χ3n) is 2.58. The fraction of sp³-hybridized carbons (Fsp3) is 0.929. The lowest BCUT2D eigenvalue weighted by Gasteiger charge is -2.19. The first-order valence-electron chi connectivity index (χ1n) is 7.01. The molecule has 0 rings (SSSR count). The van der Waals surface area contributed by atoms with Crippen LogP contribution in [0.1, 0.15) is 33.6 Å². The van der Waals surface area contributed by atoms with Crippen LogP contribution < -0.4 is 10.6 Å². The number of nitrogens with one attached hydrogen (secondary N) is 2. The van der Waals surface area contributed by atoms with Gasteiger partial charge in [-0.25, -0.2) is 0 Å². The third-order valence-corrected chi connectivity index (χ3v) is 2.58. The molecule has 0 bridgehead atoms. The zero-order chi connectivity index (χ0) is 14.6. The van der Waals surface area contributed by atoms with E-state index in [1.807, 2.05) is 0 Å². The molecule has 0 aliphatic carbocycles. The Morgan fingerprint density at radius 3 is 2.32 bits per heavy atom. The van der Waals surface area contributed by atoms with Gasteiger partial charge in [0, 0.05) is 33.9 Å². The molecule has 19 heavy (non-hydrogen) atoms. The van der Waals surface area contributed by atoms with E-state index in [0.717, 1.165) is 38.5 Å². The van der Waals surface area contributed by atoms with Crippen LogP contribution in [0.2, 0.25) is 0 Å². The van der Waals surface area contributed by atoms with Crippen molar-refractivity contribution in [2.45, 2.75) is 33.6 Å². The Hall–Kier alpha value is -0.810. The normalized spacial score (nSPS) is 12.6. The molecule has 0 aromatic rings. The molecule has 5 nitrogen and oxygen atoms in total. The van der Waals surface area contributed by atoms with Crippen LogP contribution in [0.4, 0.5) is 0 Å². The molecule has 0 aliphatic heterocycles. The van der Waals surface area contributed by atoms with Gasteiger partial charge in [0.2, 0.25) is 0 Å². The molecule has 0 aromatic heterocycles. The zero-order valence-electron chi connectivity index (χ0n) is 13.2. The van der Waals surface area contributed by atoms with Gasteiger partial charge >= 0.3 is 0 Å². The topological polar surface area (TPSA) is 54.9 Å². The summed E-state index contributed by atoms with van der Waals surface area (Å²) in [5, 5.41) is 6.59. The lowest BCUT2D eigenvalue weighted by Crippen LogP contribution is -2.39. The summed E-state index contributed by atoms with van der Waals surface area (Å²) in [6.45, 7) is 10.6. The Labute approximate surface area is 118 Å². The Morgan fingerprint density at radius 2 is 1.74 bits per heavy atom. The van der Waals surface area contributed by atoms with Crippen molar-refractivity contribution in [3.05, 3.63) is 0 Å². The molecule has 0 fully saturated rings. The van der Waals surface area contributed by atoms with Crippen molar-refractivity contribution in [1.82, 2.24) is 10.6 Å². The summed E-state index contributed by atoms with van der Waals surface area (Å²) in [5.41, 5.74) is 0.348. The second-order valence-corrected chi connectivity index (χ2v) is 5.70. The van der Waals surface area contributed by atoms with Gasteiger partial charge in [0.25, 0.3) is 0 Å². The van der Waals surface area contributed by atoms with Crippen LogP contribution in [-0.2, 0) is 9.47 Å². The molecule has 2 N–H and O–H groups in total. The molecular weight excluding hydrogens is 242 g/mol. The molecule has 0 unspecified atom stereocenters. The highest BCUT2D eigenvalue weighted by atomic mass is 16.5. The summed E-state index contributed by atoms with van der Waals surface area (Å²) >= 11 is 0. The number of aliphatic imine (C=N–C) groups is 1. The van der Waals surface area contributed by atoms with Crippen LogP contribution in [-0.4, -0.2) is 53.0 Å². The van der Waals surface area contributed by atoms with Crippen molar-refractivity contribution >= 4 is 5.96 Å². The first-order chi connectivity index (χ1) is 8.99. The maximum Gasteiger partial charge on any atom is 0.190 e. The lowest BCUT2D eigenvalue weighted by atomic mass is 9.92. The second-order valence-electron chi connectivity index (χ2n) is 5.70. The average Bonchev–Trinajstić information content (AvgIpc) is 2.34. The predicted octanol–water partition coefficient (Wildman–Crippen LogP) is 1.64. The minimum Gasteiger partial charge on any atom is -0.382 e. The highest BCUT2D eigenvalue weighted by molar-refractivity contribution is 5.79. The van der Waals surface area contributed by atoms with Gasteiger partial charge in [-0.1, -0.05) is 20.8 Å². The Balaban J connectivity index is 3.50. The van der Waals surface area contributed by atoms with Gasteiger partial charge in [-0.3, -0.25) is 4.99 Å². The smallest absolute Gasteiger partial charge is 0.190 e. The summed E-state index contributed by atoms with van der Waals surface area (Å²) in [6, 6.07) is 0. The van der Waals surface area contributed by atoms with Gasteiger partial charge in [0.1, 0.15) is 0 Å². The van der Waals surface area contributed by atoms with Crippen LogP contribution in [0.3, 0.4) is 0 Å². The summed E-state index contributed by atoms with van der Waals surface area (Å²) in [4.78, 5) is 4.19. The minimum atomic E-state index is 0.348. The third kappa shape index (κ3) is 13.4. The van der Waals surface area contributed by atoms with Crippen LogP contribution >= 0.6 is 0 Å². The van der Waals surface area contributed by atoms with Crippen molar-refractivity contribution in [2.75, 3.05) is 47.1 Å². The molecule has 0 aromatic carbocycles. The number of rotatable bonds is 9. The van der Waals surface area contributed by atoms with Crippen molar-refractivity contribution in [2.24, 2.45) is 10.4 Å². The monoisotopic (exact) mass is 273 g/mol. The van der Waals surface area contributed by atoms with Gasteiger partial charge in [-0.15, -0.1) is 0 Å². The van der Waals surface area contributed by atoms with Crippen molar-refractivity contribution < 1.29 is 9.47 Å². The summed E-state index contributed by atoms with van der Waals surface area (Å²) in [6.07, 6.45) is 2.08. The molecule has 114 valence electrons. The summed E-state index contributed by atoms with van der Waals surface area (Å²) in [5.74, 6) is 0.862. The molecule has 5 heteroatoms. The Kier molecular flexibility index (Phi) is 10.6. The van der Waals surface area contributed by atoms with E-state index in [0.29, 0.717) is 18.6 Å². The van der Waals surface area contributed by atoms with Gasteiger partial charge < -0.3 is 20.1 Å². The van der Waals surface area contributed by atoms with E-state index in [1.54, 1.807) is 14.2 Å². The number of guanidine groups is 1. The highest BCUT2D eigenvalue weighted by Gasteiger charge is 2.09. The molecule has 0 heterocycles. The maximum absolute atomic E-state index is 5.39.